The molecule has 2 aromatic carbocycles. The van der Waals surface area contributed by atoms with E-state index in [-0.39, 0.29) is 30.0 Å². The van der Waals surface area contributed by atoms with Crippen LogP contribution in [0.4, 0.5) is 13.2 Å². The van der Waals surface area contributed by atoms with Crippen LogP contribution in [0.15, 0.2) is 53.3 Å². The summed E-state index contributed by atoms with van der Waals surface area (Å²) in [6, 6.07) is 11.0. The van der Waals surface area contributed by atoms with E-state index in [4.69, 9.17) is 4.74 Å². The van der Waals surface area contributed by atoms with Crippen molar-refractivity contribution in [3.63, 3.8) is 0 Å². The molecule has 0 aliphatic heterocycles. The second-order valence-electron chi connectivity index (χ2n) is 8.01. The molecule has 186 valence electrons. The van der Waals surface area contributed by atoms with Crippen LogP contribution in [-0.2, 0) is 23.9 Å². The van der Waals surface area contributed by atoms with Gasteiger partial charge in [0, 0.05) is 29.8 Å². The number of amides is 1. The highest BCUT2D eigenvalue weighted by Gasteiger charge is 2.30. The number of benzene rings is 2. The van der Waals surface area contributed by atoms with E-state index in [0.29, 0.717) is 11.4 Å². The molecule has 0 aliphatic rings. The summed E-state index contributed by atoms with van der Waals surface area (Å²) in [5.74, 6) is 0.198. The highest BCUT2D eigenvalue weighted by molar-refractivity contribution is 5.77. The molecule has 7 nitrogen and oxygen atoms in total. The third-order valence-corrected chi connectivity index (χ3v) is 5.57. The Kier molecular flexibility index (Phi) is 7.96. The van der Waals surface area contributed by atoms with Crippen LogP contribution < -0.4 is 15.6 Å². The Labute approximate surface area is 200 Å². The van der Waals surface area contributed by atoms with Crippen molar-refractivity contribution >= 4 is 5.91 Å². The third-order valence-electron chi connectivity index (χ3n) is 5.57. The summed E-state index contributed by atoms with van der Waals surface area (Å²) in [5, 5.41) is 12.2. The molecule has 1 amide bonds. The van der Waals surface area contributed by atoms with E-state index in [1.165, 1.54) is 19.2 Å². The minimum Gasteiger partial charge on any atom is -0.497 e. The maximum absolute atomic E-state index is 13.2. The van der Waals surface area contributed by atoms with Crippen LogP contribution in [0, 0.1) is 6.92 Å². The van der Waals surface area contributed by atoms with Gasteiger partial charge in [0.05, 0.1) is 18.7 Å². The van der Waals surface area contributed by atoms with Gasteiger partial charge in [-0.3, -0.25) is 14.2 Å². The van der Waals surface area contributed by atoms with Crippen LogP contribution in [0.3, 0.4) is 0 Å². The minimum absolute atomic E-state index is 0.0345. The minimum atomic E-state index is -4.51. The fourth-order valence-electron chi connectivity index (χ4n) is 3.70. The quantitative estimate of drug-likeness (QED) is 0.504. The molecule has 0 bridgehead atoms. The van der Waals surface area contributed by atoms with Gasteiger partial charge in [-0.1, -0.05) is 24.3 Å². The van der Waals surface area contributed by atoms with E-state index < -0.39 is 35.8 Å². The molecule has 0 saturated carbocycles. The van der Waals surface area contributed by atoms with E-state index >= 15 is 0 Å². The third kappa shape index (κ3) is 6.07. The van der Waals surface area contributed by atoms with Gasteiger partial charge >= 0.3 is 6.18 Å². The summed E-state index contributed by atoms with van der Waals surface area (Å²) in [7, 11) is 1.53. The Morgan fingerprint density at radius 3 is 2.49 bits per heavy atom. The highest BCUT2D eigenvalue weighted by Crippen LogP contribution is 2.30. The van der Waals surface area contributed by atoms with Crippen LogP contribution in [0.5, 0.6) is 5.75 Å². The van der Waals surface area contributed by atoms with Gasteiger partial charge in [0.2, 0.25) is 5.91 Å². The first-order valence-corrected chi connectivity index (χ1v) is 10.9. The van der Waals surface area contributed by atoms with E-state index in [0.717, 1.165) is 22.3 Å². The number of carbonyl (C=O) groups is 1. The van der Waals surface area contributed by atoms with E-state index in [9.17, 15) is 27.9 Å². The molecule has 2 N–H and O–H groups in total. The Balaban J connectivity index is 1.96. The maximum Gasteiger partial charge on any atom is 0.416 e. The van der Waals surface area contributed by atoms with E-state index in [1.54, 1.807) is 32.0 Å². The first-order chi connectivity index (χ1) is 16.5. The largest absolute Gasteiger partial charge is 0.497 e. The number of carbonyl (C=O) groups excluding carboxylic acids is 1. The first kappa shape index (κ1) is 26.0. The van der Waals surface area contributed by atoms with Gasteiger partial charge in [0.25, 0.3) is 5.56 Å². The molecule has 0 unspecified atom stereocenters. The van der Waals surface area contributed by atoms with Gasteiger partial charge in [0.1, 0.15) is 18.1 Å². The maximum atomic E-state index is 13.2. The zero-order valence-electron chi connectivity index (χ0n) is 19.5. The lowest BCUT2D eigenvalue weighted by Gasteiger charge is -2.19. The van der Waals surface area contributed by atoms with E-state index in [2.05, 4.69) is 10.3 Å². The molecule has 0 fully saturated rings. The number of hydrogen-bond donors (Lipinski definition) is 2. The van der Waals surface area contributed by atoms with Crippen molar-refractivity contribution in [2.75, 3.05) is 13.7 Å². The number of aryl methyl sites for hydroxylation is 1. The monoisotopic (exact) mass is 489 g/mol. The number of nitrogens with one attached hydrogen (secondary N) is 1. The zero-order chi connectivity index (χ0) is 25.8. The number of ether oxygens (including phenoxy) is 1. The normalized spacial score (nSPS) is 12.3. The molecule has 35 heavy (non-hydrogen) atoms. The van der Waals surface area contributed by atoms with Gasteiger partial charge in [-0.15, -0.1) is 0 Å². The van der Waals surface area contributed by atoms with Crippen LogP contribution in [-0.4, -0.2) is 34.3 Å². The summed E-state index contributed by atoms with van der Waals surface area (Å²) in [6.07, 6.45) is -4.48. The van der Waals surface area contributed by atoms with Gasteiger partial charge in [-0.2, -0.15) is 13.2 Å². The molecule has 0 spiro atoms. The smallest absolute Gasteiger partial charge is 0.416 e. The summed E-state index contributed by atoms with van der Waals surface area (Å²) in [4.78, 5) is 30.5. The van der Waals surface area contributed by atoms with Crippen molar-refractivity contribution in [1.82, 2.24) is 14.9 Å². The van der Waals surface area contributed by atoms with Crippen molar-refractivity contribution in [2.45, 2.75) is 39.0 Å². The van der Waals surface area contributed by atoms with Crippen LogP contribution >= 0.6 is 0 Å². The van der Waals surface area contributed by atoms with Crippen molar-refractivity contribution < 1.29 is 27.8 Å². The number of alkyl halides is 3. The van der Waals surface area contributed by atoms with E-state index in [1.807, 2.05) is 6.07 Å². The zero-order valence-corrected chi connectivity index (χ0v) is 19.5. The second kappa shape index (κ2) is 10.7. The standard InChI is InChI=1S/C25H26F3N3O4/c1-15(18-5-4-6-20(13-18)35-3)29-22(33)14-31-23(30-16(2)21(11-12-32)24(31)34)17-7-9-19(10-8-17)25(26,27)28/h4-10,13,15,32H,11-12,14H2,1-3H3,(H,29,33)/t15-/m1/s1. The van der Waals surface area contributed by atoms with Gasteiger partial charge in [-0.25, -0.2) is 4.98 Å². The predicted molar refractivity (Wildman–Crippen MR) is 124 cm³/mol. The van der Waals surface area contributed by atoms with Crippen molar-refractivity contribution in [3.05, 3.63) is 81.3 Å². The molecule has 3 aromatic rings. The molecule has 0 radical (unpaired) electrons. The number of halogens is 3. The molecule has 0 saturated heterocycles. The molecule has 3 rings (SSSR count). The summed E-state index contributed by atoms with van der Waals surface area (Å²) >= 11 is 0. The first-order valence-electron chi connectivity index (χ1n) is 10.9. The molecule has 0 aliphatic carbocycles. The van der Waals surface area contributed by atoms with Crippen LogP contribution in [0.25, 0.3) is 11.4 Å². The Bertz CT molecular complexity index is 1250. The summed E-state index contributed by atoms with van der Waals surface area (Å²) in [6.45, 7) is 2.65. The average molecular weight is 489 g/mol. The Morgan fingerprint density at radius 1 is 1.20 bits per heavy atom. The second-order valence-corrected chi connectivity index (χ2v) is 8.01. The summed E-state index contributed by atoms with van der Waals surface area (Å²) in [5.41, 5.74) is 0.231. The fraction of sp³-hybridized carbons (Fsp3) is 0.320. The number of aliphatic hydroxyl groups is 1. The fourth-order valence-corrected chi connectivity index (χ4v) is 3.70. The SMILES string of the molecule is COc1cccc([C@@H](C)NC(=O)Cn2c(-c3ccc(C(F)(F)F)cc3)nc(C)c(CCO)c2=O)c1. The highest BCUT2D eigenvalue weighted by atomic mass is 19.4. The number of aromatic nitrogens is 2. The van der Waals surface area contributed by atoms with Gasteiger partial charge in [0.15, 0.2) is 0 Å². The number of nitrogens with zero attached hydrogens (tertiary/aromatic N) is 2. The van der Waals surface area contributed by atoms with Crippen molar-refractivity contribution in [2.24, 2.45) is 0 Å². The van der Waals surface area contributed by atoms with Crippen LogP contribution in [0.2, 0.25) is 0 Å². The Hall–Kier alpha value is -3.66. The molecule has 1 heterocycles. The average Bonchev–Trinajstić information content (AvgIpc) is 2.83. The predicted octanol–water partition coefficient (Wildman–Crippen LogP) is 3.66. The number of hydrogen-bond acceptors (Lipinski definition) is 5. The lowest BCUT2D eigenvalue weighted by Crippen LogP contribution is -2.36. The molecule has 1 aromatic heterocycles. The van der Waals surface area contributed by atoms with Crippen molar-refractivity contribution in [1.29, 1.82) is 0 Å². The lowest BCUT2D eigenvalue weighted by atomic mass is 10.1. The number of rotatable bonds is 8. The lowest BCUT2D eigenvalue weighted by molar-refractivity contribution is -0.137. The van der Waals surface area contributed by atoms with Gasteiger partial charge < -0.3 is 15.2 Å². The Morgan fingerprint density at radius 2 is 1.89 bits per heavy atom. The summed E-state index contributed by atoms with van der Waals surface area (Å²) < 4.78 is 45.3. The molecular formula is C25H26F3N3O4. The van der Waals surface area contributed by atoms with Crippen LogP contribution in [0.1, 0.15) is 35.3 Å². The molecular weight excluding hydrogens is 463 g/mol. The topological polar surface area (TPSA) is 93.4 Å². The van der Waals surface area contributed by atoms with Gasteiger partial charge in [-0.05, 0) is 43.7 Å². The number of aliphatic hydroxyl groups excluding tert-OH is 1. The molecule has 10 heteroatoms. The molecule has 1 atom stereocenters. The van der Waals surface area contributed by atoms with Crippen molar-refractivity contribution in [3.8, 4) is 17.1 Å². The number of methoxy groups -OCH3 is 1.